The first-order chi connectivity index (χ1) is 10.5. The summed E-state index contributed by atoms with van der Waals surface area (Å²) in [5, 5.41) is 3.97. The Morgan fingerprint density at radius 1 is 1.14 bits per heavy atom. The van der Waals surface area contributed by atoms with Gasteiger partial charge in [-0.1, -0.05) is 30.3 Å². The number of hydrogen-bond donors (Lipinski definition) is 1. The van der Waals surface area contributed by atoms with Crippen LogP contribution in [0.1, 0.15) is 19.4 Å². The van der Waals surface area contributed by atoms with Crippen LogP contribution >= 0.6 is 11.8 Å². The standard InChI is InChI=1S/C17H15NO3S/c1-10(2)21-14-8-7-11-5-3-4-6-12(11)13(14)9-15-16(19)18-17(20)22-15/h3-10H,1-2H3,(H,18,19,20)/b15-9-. The van der Waals surface area contributed by atoms with Crippen molar-refractivity contribution in [1.82, 2.24) is 5.32 Å². The van der Waals surface area contributed by atoms with Crippen LogP contribution in [0.4, 0.5) is 4.79 Å². The van der Waals surface area contributed by atoms with E-state index in [-0.39, 0.29) is 17.3 Å². The maximum Gasteiger partial charge on any atom is 0.290 e. The van der Waals surface area contributed by atoms with Gasteiger partial charge >= 0.3 is 0 Å². The molecule has 0 radical (unpaired) electrons. The molecule has 2 amide bonds. The molecule has 5 heteroatoms. The second-order valence-corrected chi connectivity index (χ2v) is 6.23. The molecule has 0 unspecified atom stereocenters. The number of thioether (sulfide) groups is 1. The second-order valence-electron chi connectivity index (χ2n) is 5.22. The summed E-state index contributed by atoms with van der Waals surface area (Å²) >= 11 is 0.911. The zero-order chi connectivity index (χ0) is 15.7. The SMILES string of the molecule is CC(C)Oc1ccc2ccccc2c1/C=C1\SC(=O)NC1=O. The summed E-state index contributed by atoms with van der Waals surface area (Å²) in [5.41, 5.74) is 0.819. The Morgan fingerprint density at radius 3 is 2.59 bits per heavy atom. The molecule has 0 bridgehead atoms. The van der Waals surface area contributed by atoms with E-state index in [9.17, 15) is 9.59 Å². The van der Waals surface area contributed by atoms with Crippen LogP contribution in [0.5, 0.6) is 5.75 Å². The molecule has 0 aromatic heterocycles. The number of fused-ring (bicyclic) bond motifs is 1. The first-order valence-corrected chi connectivity index (χ1v) is 7.79. The lowest BCUT2D eigenvalue weighted by Crippen LogP contribution is -2.17. The van der Waals surface area contributed by atoms with Gasteiger partial charge < -0.3 is 4.74 Å². The largest absolute Gasteiger partial charge is 0.490 e. The summed E-state index contributed by atoms with van der Waals surface area (Å²) in [6.07, 6.45) is 1.75. The average molecular weight is 313 g/mol. The van der Waals surface area contributed by atoms with Crippen LogP contribution < -0.4 is 10.1 Å². The molecule has 2 aromatic carbocycles. The van der Waals surface area contributed by atoms with E-state index >= 15 is 0 Å². The van der Waals surface area contributed by atoms with Gasteiger partial charge in [-0.05, 0) is 48.5 Å². The zero-order valence-electron chi connectivity index (χ0n) is 12.3. The molecule has 3 rings (SSSR count). The molecular weight excluding hydrogens is 298 g/mol. The van der Waals surface area contributed by atoms with Crippen molar-refractivity contribution in [2.75, 3.05) is 0 Å². The third kappa shape index (κ3) is 2.85. The summed E-state index contributed by atoms with van der Waals surface area (Å²) in [5.74, 6) is 0.340. The summed E-state index contributed by atoms with van der Waals surface area (Å²) in [6, 6.07) is 11.8. The molecule has 0 aliphatic carbocycles. The number of amides is 2. The van der Waals surface area contributed by atoms with E-state index in [2.05, 4.69) is 5.32 Å². The minimum Gasteiger partial charge on any atom is -0.490 e. The molecule has 2 aromatic rings. The Balaban J connectivity index is 2.18. The fraction of sp³-hybridized carbons (Fsp3) is 0.176. The molecule has 0 saturated carbocycles. The van der Waals surface area contributed by atoms with Gasteiger partial charge in [0.15, 0.2) is 0 Å². The Morgan fingerprint density at radius 2 is 1.91 bits per heavy atom. The molecule has 1 aliphatic heterocycles. The van der Waals surface area contributed by atoms with E-state index in [1.165, 1.54) is 0 Å². The number of carbonyl (C=O) groups is 2. The van der Waals surface area contributed by atoms with Crippen molar-refractivity contribution in [3.8, 4) is 5.75 Å². The maximum atomic E-state index is 11.8. The van der Waals surface area contributed by atoms with Gasteiger partial charge in [0.05, 0.1) is 11.0 Å². The summed E-state index contributed by atoms with van der Waals surface area (Å²) in [4.78, 5) is 23.5. The summed E-state index contributed by atoms with van der Waals surface area (Å²) in [7, 11) is 0. The molecular formula is C17H15NO3S. The summed E-state index contributed by atoms with van der Waals surface area (Å²) in [6.45, 7) is 3.90. The van der Waals surface area contributed by atoms with Crippen molar-refractivity contribution in [1.29, 1.82) is 0 Å². The van der Waals surface area contributed by atoms with E-state index in [4.69, 9.17) is 4.74 Å². The third-order valence-corrected chi connectivity index (χ3v) is 4.02. The fourth-order valence-corrected chi connectivity index (χ4v) is 3.00. The van der Waals surface area contributed by atoms with E-state index in [1.807, 2.05) is 50.2 Å². The van der Waals surface area contributed by atoms with Gasteiger partial charge in [0, 0.05) is 5.56 Å². The quantitative estimate of drug-likeness (QED) is 0.872. The lowest BCUT2D eigenvalue weighted by molar-refractivity contribution is -0.115. The molecule has 1 heterocycles. The van der Waals surface area contributed by atoms with Crippen LogP contribution in [0.3, 0.4) is 0 Å². The number of rotatable bonds is 3. The molecule has 1 fully saturated rings. The molecule has 1 N–H and O–H groups in total. The minimum absolute atomic E-state index is 0.0185. The number of ether oxygens (including phenoxy) is 1. The molecule has 1 aliphatic rings. The lowest BCUT2D eigenvalue weighted by Gasteiger charge is -2.14. The van der Waals surface area contributed by atoms with E-state index < -0.39 is 0 Å². The van der Waals surface area contributed by atoms with Gasteiger partial charge in [-0.15, -0.1) is 0 Å². The first kappa shape index (κ1) is 14.7. The molecule has 4 nitrogen and oxygen atoms in total. The average Bonchev–Trinajstić information content (AvgIpc) is 2.79. The van der Waals surface area contributed by atoms with Crippen LogP contribution in [-0.2, 0) is 4.79 Å². The van der Waals surface area contributed by atoms with E-state index in [0.717, 1.165) is 28.1 Å². The van der Waals surface area contributed by atoms with Gasteiger partial charge in [0.2, 0.25) is 0 Å². The number of carbonyl (C=O) groups excluding carboxylic acids is 2. The number of benzene rings is 2. The van der Waals surface area contributed by atoms with Crippen molar-refractivity contribution in [2.24, 2.45) is 0 Å². The highest BCUT2D eigenvalue weighted by Gasteiger charge is 2.25. The topological polar surface area (TPSA) is 55.4 Å². The number of imide groups is 1. The van der Waals surface area contributed by atoms with Crippen molar-refractivity contribution in [2.45, 2.75) is 20.0 Å². The van der Waals surface area contributed by atoms with Gasteiger partial charge in [-0.3, -0.25) is 14.9 Å². The predicted octanol–water partition coefficient (Wildman–Crippen LogP) is 3.95. The maximum absolute atomic E-state index is 11.8. The molecule has 0 spiro atoms. The van der Waals surface area contributed by atoms with E-state index in [0.29, 0.717) is 10.7 Å². The highest BCUT2D eigenvalue weighted by molar-refractivity contribution is 8.18. The molecule has 22 heavy (non-hydrogen) atoms. The molecule has 0 atom stereocenters. The summed E-state index contributed by atoms with van der Waals surface area (Å²) < 4.78 is 5.86. The van der Waals surface area contributed by atoms with Gasteiger partial charge in [-0.25, -0.2) is 0 Å². The Kier molecular flexibility index (Phi) is 3.90. The van der Waals surface area contributed by atoms with Crippen molar-refractivity contribution in [3.63, 3.8) is 0 Å². The zero-order valence-corrected chi connectivity index (χ0v) is 13.1. The van der Waals surface area contributed by atoms with E-state index in [1.54, 1.807) is 6.08 Å². The third-order valence-electron chi connectivity index (χ3n) is 3.21. The van der Waals surface area contributed by atoms with Crippen molar-refractivity contribution in [3.05, 3.63) is 46.9 Å². The lowest BCUT2D eigenvalue weighted by atomic mass is 10.0. The second kappa shape index (κ2) is 5.85. The van der Waals surface area contributed by atoms with Crippen LogP contribution in [0.2, 0.25) is 0 Å². The smallest absolute Gasteiger partial charge is 0.290 e. The first-order valence-electron chi connectivity index (χ1n) is 6.98. The Hall–Kier alpha value is -2.27. The fourth-order valence-electron chi connectivity index (χ4n) is 2.33. The monoisotopic (exact) mass is 313 g/mol. The van der Waals surface area contributed by atoms with Crippen molar-refractivity contribution < 1.29 is 14.3 Å². The van der Waals surface area contributed by atoms with Gasteiger partial charge in [0.25, 0.3) is 11.1 Å². The molecule has 1 saturated heterocycles. The highest BCUT2D eigenvalue weighted by atomic mass is 32.2. The number of hydrogen-bond acceptors (Lipinski definition) is 4. The van der Waals surface area contributed by atoms with Crippen LogP contribution in [0, 0.1) is 0 Å². The highest BCUT2D eigenvalue weighted by Crippen LogP contribution is 2.34. The minimum atomic E-state index is -0.363. The predicted molar refractivity (Wildman–Crippen MR) is 88.8 cm³/mol. The molecule has 112 valence electrons. The Bertz CT molecular complexity index is 796. The normalized spacial score (nSPS) is 16.6. The van der Waals surface area contributed by atoms with Crippen LogP contribution in [-0.4, -0.2) is 17.3 Å². The van der Waals surface area contributed by atoms with Crippen LogP contribution in [0.15, 0.2) is 41.3 Å². The van der Waals surface area contributed by atoms with Gasteiger partial charge in [-0.2, -0.15) is 0 Å². The number of nitrogens with one attached hydrogen (secondary N) is 1. The van der Waals surface area contributed by atoms with Gasteiger partial charge in [0.1, 0.15) is 5.75 Å². The van der Waals surface area contributed by atoms with Crippen molar-refractivity contribution >= 4 is 39.8 Å². The van der Waals surface area contributed by atoms with Crippen LogP contribution in [0.25, 0.3) is 16.8 Å². The Labute approximate surface area is 132 Å².